The molecule has 0 aliphatic heterocycles. The molecular weight excluding hydrogens is 573 g/mol. The van der Waals surface area contributed by atoms with Crippen LogP contribution in [0.5, 0.6) is 0 Å². The van der Waals surface area contributed by atoms with Gasteiger partial charge >= 0.3 is 0 Å². The van der Waals surface area contributed by atoms with E-state index in [1.165, 1.54) is 41.3 Å². The second-order valence-corrected chi connectivity index (χ2v) is 12.6. The van der Waals surface area contributed by atoms with E-state index in [0.29, 0.717) is 10.0 Å². The SMILES string of the molecule is C[C@H](C(=O)NC(C)(C)C)N(Cc1ccc(F)cc1)C(=O)CN(c1cccc(Br)c1)S(=O)(=O)c1ccccc1. The Labute approximate surface area is 231 Å². The van der Waals surface area contributed by atoms with Gasteiger partial charge in [0.1, 0.15) is 18.4 Å². The average Bonchev–Trinajstić information content (AvgIpc) is 2.85. The van der Waals surface area contributed by atoms with Gasteiger partial charge in [-0.2, -0.15) is 0 Å². The molecule has 0 bridgehead atoms. The highest BCUT2D eigenvalue weighted by Crippen LogP contribution is 2.27. The molecule has 0 spiro atoms. The Kier molecular flexibility index (Phi) is 9.32. The number of amides is 2. The summed E-state index contributed by atoms with van der Waals surface area (Å²) < 4.78 is 42.6. The van der Waals surface area contributed by atoms with Crippen LogP contribution < -0.4 is 9.62 Å². The lowest BCUT2D eigenvalue weighted by atomic mass is 10.1. The van der Waals surface area contributed by atoms with Gasteiger partial charge < -0.3 is 10.2 Å². The summed E-state index contributed by atoms with van der Waals surface area (Å²) in [6, 6.07) is 19.1. The first-order chi connectivity index (χ1) is 17.8. The number of rotatable bonds is 9. The number of hydrogen-bond acceptors (Lipinski definition) is 4. The van der Waals surface area contributed by atoms with Crippen LogP contribution in [0.25, 0.3) is 0 Å². The van der Waals surface area contributed by atoms with E-state index in [4.69, 9.17) is 0 Å². The molecule has 7 nitrogen and oxygen atoms in total. The summed E-state index contributed by atoms with van der Waals surface area (Å²) in [5.74, 6) is -1.42. The maximum atomic E-state index is 13.8. The molecular formula is C28H31BrFN3O4S. The number of carbonyl (C=O) groups is 2. The van der Waals surface area contributed by atoms with Gasteiger partial charge in [-0.05, 0) is 75.7 Å². The number of benzene rings is 3. The lowest BCUT2D eigenvalue weighted by molar-refractivity contribution is -0.140. The standard InChI is InChI=1S/C28H31BrFN3O4S/c1-20(27(35)31-28(2,3)4)32(18-21-13-15-23(30)16-14-21)26(34)19-33(24-10-8-9-22(29)17-24)38(36,37)25-11-6-5-7-12-25/h5-17,20H,18-19H2,1-4H3,(H,31,35)/t20-/m1/s1. The van der Waals surface area contributed by atoms with Crippen LogP contribution in [0, 0.1) is 5.82 Å². The van der Waals surface area contributed by atoms with Crippen LogP contribution in [0.4, 0.5) is 10.1 Å². The Hall–Kier alpha value is -3.24. The highest BCUT2D eigenvalue weighted by atomic mass is 79.9. The number of nitrogens with zero attached hydrogens (tertiary/aromatic N) is 2. The van der Waals surface area contributed by atoms with Crippen molar-refractivity contribution in [1.29, 1.82) is 0 Å². The number of nitrogens with one attached hydrogen (secondary N) is 1. The molecule has 0 radical (unpaired) electrons. The molecule has 3 aromatic carbocycles. The second-order valence-electron chi connectivity index (χ2n) is 9.87. The smallest absolute Gasteiger partial charge is 0.264 e. The molecule has 1 N–H and O–H groups in total. The molecule has 3 aromatic rings. The quantitative estimate of drug-likeness (QED) is 0.368. The van der Waals surface area contributed by atoms with E-state index < -0.39 is 45.8 Å². The third kappa shape index (κ3) is 7.64. The molecule has 38 heavy (non-hydrogen) atoms. The van der Waals surface area contributed by atoms with Crippen molar-refractivity contribution in [2.24, 2.45) is 0 Å². The lowest BCUT2D eigenvalue weighted by Gasteiger charge is -2.33. The fourth-order valence-electron chi connectivity index (χ4n) is 3.72. The molecule has 2 amide bonds. The monoisotopic (exact) mass is 603 g/mol. The fraction of sp³-hybridized carbons (Fsp3) is 0.286. The summed E-state index contributed by atoms with van der Waals surface area (Å²) in [5.41, 5.74) is 0.328. The average molecular weight is 605 g/mol. The minimum Gasteiger partial charge on any atom is -0.350 e. The van der Waals surface area contributed by atoms with Crippen molar-refractivity contribution in [3.05, 3.63) is 94.7 Å². The number of hydrogen-bond donors (Lipinski definition) is 1. The zero-order chi connectivity index (χ0) is 28.1. The van der Waals surface area contributed by atoms with Crippen molar-refractivity contribution < 1.29 is 22.4 Å². The first-order valence-corrected chi connectivity index (χ1v) is 14.2. The highest BCUT2D eigenvalue weighted by Gasteiger charge is 2.33. The Balaban J connectivity index is 2.02. The van der Waals surface area contributed by atoms with Gasteiger partial charge in [0, 0.05) is 16.6 Å². The van der Waals surface area contributed by atoms with Crippen LogP contribution >= 0.6 is 15.9 Å². The Bertz CT molecular complexity index is 1380. The molecule has 202 valence electrons. The van der Waals surface area contributed by atoms with Crippen LogP contribution in [-0.2, 0) is 26.2 Å². The van der Waals surface area contributed by atoms with Crippen LogP contribution in [0.2, 0.25) is 0 Å². The predicted molar refractivity (Wildman–Crippen MR) is 149 cm³/mol. The van der Waals surface area contributed by atoms with Crippen molar-refractivity contribution in [3.8, 4) is 0 Å². The Morgan fingerprint density at radius 2 is 1.61 bits per heavy atom. The zero-order valence-electron chi connectivity index (χ0n) is 21.7. The van der Waals surface area contributed by atoms with E-state index >= 15 is 0 Å². The molecule has 10 heteroatoms. The molecule has 0 saturated carbocycles. The van der Waals surface area contributed by atoms with E-state index in [9.17, 15) is 22.4 Å². The van der Waals surface area contributed by atoms with E-state index in [0.717, 1.165) is 4.31 Å². The summed E-state index contributed by atoms with van der Waals surface area (Å²) in [4.78, 5) is 28.2. The summed E-state index contributed by atoms with van der Waals surface area (Å²) in [6.45, 7) is 6.48. The minimum atomic E-state index is -4.14. The summed E-state index contributed by atoms with van der Waals surface area (Å²) in [7, 11) is -4.14. The maximum absolute atomic E-state index is 13.8. The first-order valence-electron chi connectivity index (χ1n) is 12.0. The zero-order valence-corrected chi connectivity index (χ0v) is 24.1. The Morgan fingerprint density at radius 3 is 2.18 bits per heavy atom. The van der Waals surface area contributed by atoms with E-state index in [-0.39, 0.29) is 17.1 Å². The van der Waals surface area contributed by atoms with Crippen molar-refractivity contribution in [2.45, 2.75) is 50.7 Å². The van der Waals surface area contributed by atoms with Crippen molar-refractivity contribution in [1.82, 2.24) is 10.2 Å². The molecule has 1 atom stereocenters. The Morgan fingerprint density at radius 1 is 0.974 bits per heavy atom. The molecule has 0 fully saturated rings. The van der Waals surface area contributed by atoms with Gasteiger partial charge in [0.25, 0.3) is 10.0 Å². The van der Waals surface area contributed by atoms with Crippen LogP contribution in [0.1, 0.15) is 33.3 Å². The molecule has 0 aliphatic rings. The van der Waals surface area contributed by atoms with E-state index in [1.807, 2.05) is 20.8 Å². The topological polar surface area (TPSA) is 86.8 Å². The molecule has 0 aliphatic carbocycles. The van der Waals surface area contributed by atoms with Gasteiger partial charge in [-0.3, -0.25) is 13.9 Å². The summed E-state index contributed by atoms with van der Waals surface area (Å²) in [6.07, 6.45) is 0. The van der Waals surface area contributed by atoms with E-state index in [1.54, 1.807) is 49.4 Å². The van der Waals surface area contributed by atoms with Gasteiger partial charge in [-0.1, -0.05) is 52.3 Å². The van der Waals surface area contributed by atoms with Crippen molar-refractivity contribution in [2.75, 3.05) is 10.8 Å². The largest absolute Gasteiger partial charge is 0.350 e. The molecule has 0 saturated heterocycles. The molecule has 0 heterocycles. The highest BCUT2D eigenvalue weighted by molar-refractivity contribution is 9.10. The van der Waals surface area contributed by atoms with Crippen LogP contribution in [0.3, 0.4) is 0 Å². The lowest BCUT2D eigenvalue weighted by Crippen LogP contribution is -2.54. The third-order valence-corrected chi connectivity index (χ3v) is 7.92. The normalized spacial score (nSPS) is 12.5. The van der Waals surface area contributed by atoms with Gasteiger partial charge in [-0.15, -0.1) is 0 Å². The molecule has 0 aromatic heterocycles. The number of sulfonamides is 1. The number of halogens is 2. The predicted octanol–water partition coefficient (Wildman–Crippen LogP) is 5.12. The van der Waals surface area contributed by atoms with E-state index in [2.05, 4.69) is 21.2 Å². The molecule has 3 rings (SSSR count). The van der Waals surface area contributed by atoms with Crippen molar-refractivity contribution in [3.63, 3.8) is 0 Å². The third-order valence-electron chi connectivity index (χ3n) is 5.64. The van der Waals surface area contributed by atoms with Crippen LogP contribution in [-0.4, -0.2) is 43.3 Å². The second kappa shape index (κ2) is 12.1. The minimum absolute atomic E-state index is 0.0183. The first kappa shape index (κ1) is 29.3. The van der Waals surface area contributed by atoms with Gasteiger partial charge in [0.15, 0.2) is 0 Å². The number of anilines is 1. The maximum Gasteiger partial charge on any atom is 0.264 e. The van der Waals surface area contributed by atoms with Gasteiger partial charge in [0.05, 0.1) is 10.6 Å². The van der Waals surface area contributed by atoms with Gasteiger partial charge in [0.2, 0.25) is 11.8 Å². The fourth-order valence-corrected chi connectivity index (χ4v) is 5.54. The number of carbonyl (C=O) groups excluding carboxylic acids is 2. The van der Waals surface area contributed by atoms with Crippen LogP contribution in [0.15, 0.2) is 88.2 Å². The summed E-state index contributed by atoms with van der Waals surface area (Å²) >= 11 is 3.37. The summed E-state index contributed by atoms with van der Waals surface area (Å²) in [5, 5.41) is 2.87. The van der Waals surface area contributed by atoms with Crippen molar-refractivity contribution >= 4 is 43.5 Å². The molecule has 0 unspecified atom stereocenters. The van der Waals surface area contributed by atoms with Gasteiger partial charge in [-0.25, -0.2) is 12.8 Å².